The van der Waals surface area contributed by atoms with Crippen LogP contribution in [0.1, 0.15) is 35.3 Å². The fraction of sp³-hybridized carbons (Fsp3) is 0.412. The molecule has 3 heterocycles. The van der Waals surface area contributed by atoms with Crippen LogP contribution in [0.25, 0.3) is 10.8 Å². The Bertz CT molecular complexity index is 712. The van der Waals surface area contributed by atoms with Crippen molar-refractivity contribution in [3.8, 4) is 0 Å². The zero-order valence-corrected chi connectivity index (χ0v) is 12.1. The number of fused-ring (bicyclic) bond motifs is 3. The Morgan fingerprint density at radius 2 is 2.19 bits per heavy atom. The first-order valence-electron chi connectivity index (χ1n) is 7.62. The van der Waals surface area contributed by atoms with E-state index in [-0.39, 0.29) is 11.9 Å². The molecule has 2 aliphatic heterocycles. The number of hydrogen-bond donors (Lipinski definition) is 2. The van der Waals surface area contributed by atoms with Gasteiger partial charge in [0.05, 0.1) is 0 Å². The van der Waals surface area contributed by atoms with Crippen LogP contribution in [0.2, 0.25) is 0 Å². The molecular weight excluding hydrogens is 262 g/mol. The van der Waals surface area contributed by atoms with Gasteiger partial charge in [0.1, 0.15) is 5.69 Å². The van der Waals surface area contributed by atoms with Crippen molar-refractivity contribution in [1.82, 2.24) is 15.6 Å². The summed E-state index contributed by atoms with van der Waals surface area (Å²) >= 11 is 0. The number of aryl methyl sites for hydroxylation is 1. The molecule has 21 heavy (non-hydrogen) atoms. The first kappa shape index (κ1) is 12.8. The number of benzene rings is 1. The summed E-state index contributed by atoms with van der Waals surface area (Å²) in [7, 11) is 0. The molecule has 2 saturated heterocycles. The van der Waals surface area contributed by atoms with E-state index in [1.54, 1.807) is 6.20 Å². The summed E-state index contributed by atoms with van der Waals surface area (Å²) in [6.45, 7) is 2.06. The average molecular weight is 281 g/mol. The molecule has 4 rings (SSSR count). The second-order valence-corrected chi connectivity index (χ2v) is 6.28. The van der Waals surface area contributed by atoms with Crippen LogP contribution < -0.4 is 10.6 Å². The number of amides is 1. The van der Waals surface area contributed by atoms with Crippen molar-refractivity contribution in [2.45, 2.75) is 44.3 Å². The van der Waals surface area contributed by atoms with Gasteiger partial charge < -0.3 is 10.6 Å². The number of nitrogens with one attached hydrogen (secondary N) is 2. The van der Waals surface area contributed by atoms with Crippen LogP contribution in [0, 0.1) is 6.92 Å². The predicted molar refractivity (Wildman–Crippen MR) is 82.3 cm³/mol. The lowest BCUT2D eigenvalue weighted by Gasteiger charge is -2.21. The van der Waals surface area contributed by atoms with E-state index in [0.29, 0.717) is 17.8 Å². The number of pyridine rings is 1. The maximum absolute atomic E-state index is 12.4. The lowest BCUT2D eigenvalue weighted by atomic mass is 9.95. The third-order valence-electron chi connectivity index (χ3n) is 4.73. The molecule has 1 aromatic heterocycles. The van der Waals surface area contributed by atoms with Crippen LogP contribution in [0.15, 0.2) is 30.5 Å². The summed E-state index contributed by atoms with van der Waals surface area (Å²) in [5, 5.41) is 8.82. The minimum Gasteiger partial charge on any atom is -0.346 e. The van der Waals surface area contributed by atoms with Crippen LogP contribution in [0.4, 0.5) is 0 Å². The minimum absolute atomic E-state index is 0.0576. The topological polar surface area (TPSA) is 54.0 Å². The largest absolute Gasteiger partial charge is 0.346 e. The molecule has 0 spiro atoms. The molecule has 2 bridgehead atoms. The summed E-state index contributed by atoms with van der Waals surface area (Å²) in [6, 6.07) is 9.37. The second kappa shape index (κ2) is 4.81. The van der Waals surface area contributed by atoms with Crippen LogP contribution in [0.5, 0.6) is 0 Å². The smallest absolute Gasteiger partial charge is 0.270 e. The summed E-state index contributed by atoms with van der Waals surface area (Å²) < 4.78 is 0. The molecule has 1 aromatic carbocycles. The van der Waals surface area contributed by atoms with Gasteiger partial charge in [-0.3, -0.25) is 9.78 Å². The highest BCUT2D eigenvalue weighted by Crippen LogP contribution is 2.28. The normalized spacial score (nSPS) is 27.2. The maximum atomic E-state index is 12.4. The Labute approximate surface area is 124 Å². The molecule has 1 amide bonds. The standard InChI is InChI=1S/C17H19N3O/c1-10-2-3-11-9-18-16(7-12(11)6-10)17(21)20-15-8-13-4-5-14(15)19-13/h2-3,6-7,9,13-15,19H,4-5,8H2,1H3,(H,20,21). The van der Waals surface area contributed by atoms with E-state index in [1.807, 2.05) is 12.1 Å². The molecule has 0 aliphatic carbocycles. The van der Waals surface area contributed by atoms with E-state index in [0.717, 1.165) is 17.2 Å². The molecule has 0 radical (unpaired) electrons. The number of aromatic nitrogens is 1. The number of nitrogens with zero attached hydrogens (tertiary/aromatic N) is 1. The van der Waals surface area contributed by atoms with Gasteiger partial charge in [-0.2, -0.15) is 0 Å². The molecular formula is C17H19N3O. The number of hydrogen-bond acceptors (Lipinski definition) is 3. The molecule has 4 heteroatoms. The highest BCUT2D eigenvalue weighted by Gasteiger charge is 2.39. The quantitative estimate of drug-likeness (QED) is 0.887. The van der Waals surface area contributed by atoms with E-state index in [1.165, 1.54) is 18.4 Å². The van der Waals surface area contributed by atoms with Gasteiger partial charge in [-0.1, -0.05) is 23.8 Å². The van der Waals surface area contributed by atoms with Gasteiger partial charge in [-0.15, -0.1) is 0 Å². The summed E-state index contributed by atoms with van der Waals surface area (Å²) in [5.74, 6) is -0.0576. The van der Waals surface area contributed by atoms with E-state index in [2.05, 4.69) is 34.7 Å². The molecule has 3 atom stereocenters. The lowest BCUT2D eigenvalue weighted by Crippen LogP contribution is -2.43. The van der Waals surface area contributed by atoms with Gasteiger partial charge in [-0.05, 0) is 37.6 Å². The summed E-state index contributed by atoms with van der Waals surface area (Å²) in [5.41, 5.74) is 1.70. The molecule has 2 fully saturated rings. The second-order valence-electron chi connectivity index (χ2n) is 6.28. The van der Waals surface area contributed by atoms with E-state index >= 15 is 0 Å². The number of rotatable bonds is 2. The molecule has 0 saturated carbocycles. The first-order chi connectivity index (χ1) is 10.2. The van der Waals surface area contributed by atoms with Gasteiger partial charge in [0.25, 0.3) is 5.91 Å². The number of carbonyl (C=O) groups excluding carboxylic acids is 1. The third kappa shape index (κ3) is 2.29. The monoisotopic (exact) mass is 281 g/mol. The molecule has 2 aromatic rings. The fourth-order valence-corrected chi connectivity index (χ4v) is 3.61. The number of carbonyl (C=O) groups is 1. The van der Waals surface area contributed by atoms with Crippen LogP contribution in [-0.4, -0.2) is 29.0 Å². The predicted octanol–water partition coefficient (Wildman–Crippen LogP) is 2.17. The molecule has 3 unspecified atom stereocenters. The van der Waals surface area contributed by atoms with Crippen LogP contribution >= 0.6 is 0 Å². The van der Waals surface area contributed by atoms with Gasteiger partial charge in [-0.25, -0.2) is 0 Å². The van der Waals surface area contributed by atoms with Gasteiger partial charge in [0, 0.05) is 29.7 Å². The molecule has 108 valence electrons. The van der Waals surface area contributed by atoms with Crippen molar-refractivity contribution in [1.29, 1.82) is 0 Å². The molecule has 2 aliphatic rings. The molecule has 2 N–H and O–H groups in total. The van der Waals surface area contributed by atoms with Crippen LogP contribution in [-0.2, 0) is 0 Å². The Hall–Kier alpha value is -1.94. The van der Waals surface area contributed by atoms with Crippen molar-refractivity contribution in [3.05, 3.63) is 41.7 Å². The van der Waals surface area contributed by atoms with Crippen molar-refractivity contribution >= 4 is 16.7 Å². The first-order valence-corrected chi connectivity index (χ1v) is 7.62. The van der Waals surface area contributed by atoms with Crippen molar-refractivity contribution in [2.24, 2.45) is 0 Å². The van der Waals surface area contributed by atoms with Crippen molar-refractivity contribution in [3.63, 3.8) is 0 Å². The summed E-state index contributed by atoms with van der Waals surface area (Å²) in [6.07, 6.45) is 5.23. The average Bonchev–Trinajstić information content (AvgIpc) is 3.09. The van der Waals surface area contributed by atoms with Gasteiger partial charge in [0.2, 0.25) is 0 Å². The maximum Gasteiger partial charge on any atom is 0.270 e. The Morgan fingerprint density at radius 3 is 2.95 bits per heavy atom. The Balaban J connectivity index is 1.56. The Kier molecular flexibility index (Phi) is 2.93. The zero-order valence-electron chi connectivity index (χ0n) is 12.1. The summed E-state index contributed by atoms with van der Waals surface area (Å²) in [4.78, 5) is 16.7. The minimum atomic E-state index is -0.0576. The van der Waals surface area contributed by atoms with Gasteiger partial charge >= 0.3 is 0 Å². The van der Waals surface area contributed by atoms with Crippen LogP contribution in [0.3, 0.4) is 0 Å². The molecule has 4 nitrogen and oxygen atoms in total. The van der Waals surface area contributed by atoms with Crippen molar-refractivity contribution < 1.29 is 4.79 Å². The fourth-order valence-electron chi connectivity index (χ4n) is 3.61. The van der Waals surface area contributed by atoms with Gasteiger partial charge in [0.15, 0.2) is 0 Å². The van der Waals surface area contributed by atoms with E-state index in [9.17, 15) is 4.79 Å². The Morgan fingerprint density at radius 1 is 1.29 bits per heavy atom. The highest BCUT2D eigenvalue weighted by molar-refractivity contribution is 5.96. The lowest BCUT2D eigenvalue weighted by molar-refractivity contribution is 0.0926. The van der Waals surface area contributed by atoms with E-state index in [4.69, 9.17) is 0 Å². The van der Waals surface area contributed by atoms with Crippen molar-refractivity contribution in [2.75, 3.05) is 0 Å². The SMILES string of the molecule is Cc1ccc2cnc(C(=O)NC3CC4CCC3N4)cc2c1. The van der Waals surface area contributed by atoms with E-state index < -0.39 is 0 Å². The zero-order chi connectivity index (χ0) is 14.4. The third-order valence-corrected chi connectivity index (χ3v) is 4.73. The highest BCUT2D eigenvalue weighted by atomic mass is 16.2.